The van der Waals surface area contributed by atoms with Gasteiger partial charge in [-0.05, 0) is 49.8 Å². The highest BCUT2D eigenvalue weighted by molar-refractivity contribution is 5.20. The Labute approximate surface area is 126 Å². The molecule has 1 aromatic carbocycles. The first-order valence-electron chi connectivity index (χ1n) is 7.83. The highest BCUT2D eigenvalue weighted by atomic mass is 19.1. The molecule has 21 heavy (non-hydrogen) atoms. The fourth-order valence-corrected chi connectivity index (χ4v) is 2.94. The Kier molecular flexibility index (Phi) is 6.15. The van der Waals surface area contributed by atoms with Crippen molar-refractivity contribution in [2.24, 2.45) is 5.73 Å². The fourth-order valence-electron chi connectivity index (χ4n) is 2.94. The lowest BCUT2D eigenvalue weighted by atomic mass is 9.93. The van der Waals surface area contributed by atoms with Crippen LogP contribution in [0.1, 0.15) is 50.7 Å². The molecule has 0 saturated heterocycles. The summed E-state index contributed by atoms with van der Waals surface area (Å²) in [6.45, 7) is 2.05. The molecule has 0 spiro atoms. The molecule has 0 heterocycles. The molecule has 0 aliphatic heterocycles. The van der Waals surface area contributed by atoms with Crippen molar-refractivity contribution in [3.63, 3.8) is 0 Å². The maximum atomic E-state index is 13.1. The molecule has 118 valence electrons. The largest absolute Gasteiger partial charge is 0.381 e. The normalized spacial score (nSPS) is 25.5. The third-order valence-electron chi connectivity index (χ3n) is 4.31. The molecule has 0 amide bonds. The number of halogens is 1. The number of ether oxygens (including phenoxy) is 2. The Bertz CT molecular complexity index is 423. The molecule has 1 aliphatic carbocycles. The second-order valence-electron chi connectivity index (χ2n) is 5.83. The summed E-state index contributed by atoms with van der Waals surface area (Å²) >= 11 is 0. The van der Waals surface area contributed by atoms with Crippen molar-refractivity contribution in [2.75, 3.05) is 7.11 Å². The van der Waals surface area contributed by atoms with Crippen LogP contribution in [0.2, 0.25) is 0 Å². The minimum absolute atomic E-state index is 0.0848. The molecule has 1 saturated carbocycles. The van der Waals surface area contributed by atoms with Gasteiger partial charge < -0.3 is 15.2 Å². The van der Waals surface area contributed by atoms with E-state index in [1.54, 1.807) is 19.2 Å². The molecule has 0 aromatic heterocycles. The number of hydrogen-bond donors (Lipinski definition) is 1. The number of benzene rings is 1. The maximum Gasteiger partial charge on any atom is 0.123 e. The number of hydrogen-bond acceptors (Lipinski definition) is 3. The number of nitrogens with two attached hydrogens (primary N) is 1. The van der Waals surface area contributed by atoms with Crippen LogP contribution in [-0.2, 0) is 9.47 Å². The predicted octanol–water partition coefficient (Wildman–Crippen LogP) is 3.58. The molecule has 1 aromatic rings. The van der Waals surface area contributed by atoms with Crippen molar-refractivity contribution in [3.05, 3.63) is 35.6 Å². The molecule has 0 radical (unpaired) electrons. The predicted molar refractivity (Wildman–Crippen MR) is 81.5 cm³/mol. The summed E-state index contributed by atoms with van der Waals surface area (Å²) in [5.41, 5.74) is 7.17. The van der Waals surface area contributed by atoms with Gasteiger partial charge in [-0.15, -0.1) is 0 Å². The molecule has 2 N–H and O–H groups in total. The van der Waals surface area contributed by atoms with Crippen molar-refractivity contribution in [2.45, 2.75) is 63.4 Å². The fraction of sp³-hybridized carbons (Fsp3) is 0.647. The SMILES string of the molecule is CCC(N)C(OC1CCCC(OC)C1)c1ccc(F)cc1. The van der Waals surface area contributed by atoms with E-state index in [0.717, 1.165) is 37.7 Å². The average molecular weight is 295 g/mol. The van der Waals surface area contributed by atoms with Crippen LogP contribution >= 0.6 is 0 Å². The van der Waals surface area contributed by atoms with E-state index >= 15 is 0 Å². The lowest BCUT2D eigenvalue weighted by Gasteiger charge is -2.33. The van der Waals surface area contributed by atoms with Gasteiger partial charge >= 0.3 is 0 Å². The van der Waals surface area contributed by atoms with Crippen molar-refractivity contribution in [1.82, 2.24) is 0 Å². The monoisotopic (exact) mass is 295 g/mol. The van der Waals surface area contributed by atoms with E-state index in [1.807, 2.05) is 6.92 Å². The molecule has 3 nitrogen and oxygen atoms in total. The van der Waals surface area contributed by atoms with Gasteiger partial charge in [0.2, 0.25) is 0 Å². The van der Waals surface area contributed by atoms with Crippen molar-refractivity contribution in [1.29, 1.82) is 0 Å². The third-order valence-corrected chi connectivity index (χ3v) is 4.31. The van der Waals surface area contributed by atoms with Crippen LogP contribution in [0.3, 0.4) is 0 Å². The summed E-state index contributed by atoms with van der Waals surface area (Å²) in [6.07, 6.45) is 5.22. The zero-order valence-corrected chi connectivity index (χ0v) is 12.9. The summed E-state index contributed by atoms with van der Waals surface area (Å²) < 4.78 is 24.8. The van der Waals surface area contributed by atoms with Crippen LogP contribution in [-0.4, -0.2) is 25.4 Å². The highest BCUT2D eigenvalue weighted by Crippen LogP contribution is 2.30. The van der Waals surface area contributed by atoms with Crippen LogP contribution in [0.5, 0.6) is 0 Å². The van der Waals surface area contributed by atoms with Crippen LogP contribution in [0.15, 0.2) is 24.3 Å². The van der Waals surface area contributed by atoms with Gasteiger partial charge in [0.15, 0.2) is 0 Å². The zero-order chi connectivity index (χ0) is 15.2. The van der Waals surface area contributed by atoms with E-state index in [9.17, 15) is 4.39 Å². The zero-order valence-electron chi connectivity index (χ0n) is 12.9. The Morgan fingerprint density at radius 3 is 2.52 bits per heavy atom. The Balaban J connectivity index is 2.07. The van der Waals surface area contributed by atoms with Gasteiger partial charge in [-0.1, -0.05) is 19.1 Å². The van der Waals surface area contributed by atoms with E-state index in [2.05, 4.69) is 0 Å². The van der Waals surface area contributed by atoms with Gasteiger partial charge in [0, 0.05) is 13.2 Å². The third kappa shape index (κ3) is 4.50. The molecule has 1 aliphatic rings. The first kappa shape index (κ1) is 16.4. The average Bonchev–Trinajstić information content (AvgIpc) is 2.53. The van der Waals surface area contributed by atoms with Crippen molar-refractivity contribution < 1.29 is 13.9 Å². The Morgan fingerprint density at radius 1 is 1.24 bits per heavy atom. The molecule has 1 fully saturated rings. The van der Waals surface area contributed by atoms with Crippen LogP contribution in [0.4, 0.5) is 4.39 Å². The van der Waals surface area contributed by atoms with Crippen LogP contribution in [0.25, 0.3) is 0 Å². The van der Waals surface area contributed by atoms with Gasteiger partial charge in [-0.2, -0.15) is 0 Å². The summed E-state index contributed by atoms with van der Waals surface area (Å²) in [7, 11) is 1.75. The molecular weight excluding hydrogens is 269 g/mol. The van der Waals surface area contributed by atoms with Gasteiger partial charge in [-0.25, -0.2) is 4.39 Å². The maximum absolute atomic E-state index is 13.1. The second kappa shape index (κ2) is 7.87. The topological polar surface area (TPSA) is 44.5 Å². The van der Waals surface area contributed by atoms with E-state index in [4.69, 9.17) is 15.2 Å². The molecule has 2 rings (SSSR count). The van der Waals surface area contributed by atoms with Gasteiger partial charge in [0.05, 0.1) is 18.3 Å². The van der Waals surface area contributed by atoms with Gasteiger partial charge in [0.1, 0.15) is 5.82 Å². The van der Waals surface area contributed by atoms with E-state index in [-0.39, 0.29) is 30.2 Å². The summed E-state index contributed by atoms with van der Waals surface area (Å²) in [5.74, 6) is -0.236. The molecule has 4 unspecified atom stereocenters. The quantitative estimate of drug-likeness (QED) is 0.872. The lowest BCUT2D eigenvalue weighted by Crippen LogP contribution is -2.35. The first-order chi connectivity index (χ1) is 10.1. The Morgan fingerprint density at radius 2 is 1.90 bits per heavy atom. The first-order valence-corrected chi connectivity index (χ1v) is 7.83. The lowest BCUT2D eigenvalue weighted by molar-refractivity contribution is -0.0745. The van der Waals surface area contributed by atoms with E-state index in [1.165, 1.54) is 12.1 Å². The van der Waals surface area contributed by atoms with E-state index < -0.39 is 0 Å². The molecular formula is C17H26FNO2. The van der Waals surface area contributed by atoms with Crippen molar-refractivity contribution >= 4 is 0 Å². The summed E-state index contributed by atoms with van der Waals surface area (Å²) in [4.78, 5) is 0. The number of rotatable bonds is 6. The van der Waals surface area contributed by atoms with Gasteiger partial charge in [0.25, 0.3) is 0 Å². The second-order valence-corrected chi connectivity index (χ2v) is 5.83. The minimum Gasteiger partial charge on any atom is -0.381 e. The minimum atomic E-state index is -0.236. The molecule has 0 bridgehead atoms. The van der Waals surface area contributed by atoms with Crippen molar-refractivity contribution in [3.8, 4) is 0 Å². The highest BCUT2D eigenvalue weighted by Gasteiger charge is 2.28. The summed E-state index contributed by atoms with van der Waals surface area (Å²) in [6, 6.07) is 6.39. The molecule has 4 heteroatoms. The number of methoxy groups -OCH3 is 1. The Hall–Kier alpha value is -0.970. The van der Waals surface area contributed by atoms with E-state index in [0.29, 0.717) is 0 Å². The standard InChI is InChI=1S/C17H26FNO2/c1-3-16(19)17(12-7-9-13(18)10-8-12)21-15-6-4-5-14(11-15)20-2/h7-10,14-17H,3-6,11,19H2,1-2H3. The van der Waals surface area contributed by atoms with Crippen LogP contribution in [0, 0.1) is 5.82 Å². The van der Waals surface area contributed by atoms with Gasteiger partial charge in [-0.3, -0.25) is 0 Å². The summed E-state index contributed by atoms with van der Waals surface area (Å²) in [5, 5.41) is 0. The molecule has 4 atom stereocenters. The smallest absolute Gasteiger partial charge is 0.123 e. The van der Waals surface area contributed by atoms with Crippen LogP contribution < -0.4 is 5.73 Å².